The molecule has 1 N–H and O–H groups in total. The number of hydrogen-bond donors (Lipinski definition) is 1. The molecule has 3 heteroatoms. The van der Waals surface area contributed by atoms with Crippen LogP contribution >= 0.6 is 0 Å². The van der Waals surface area contributed by atoms with Crippen molar-refractivity contribution in [2.75, 3.05) is 13.2 Å². The predicted molar refractivity (Wildman–Crippen MR) is 72.4 cm³/mol. The number of nitrogens with zero attached hydrogens (tertiary/aromatic N) is 1. The highest BCUT2D eigenvalue weighted by molar-refractivity contribution is 5.85. The maximum atomic E-state index is 10.2. The summed E-state index contributed by atoms with van der Waals surface area (Å²) in [5, 5.41) is 12.3. The molecule has 0 amide bonds. The molecule has 0 radical (unpaired) electrons. The van der Waals surface area contributed by atoms with Gasteiger partial charge in [-0.05, 0) is 23.4 Å². The van der Waals surface area contributed by atoms with E-state index in [1.54, 1.807) is 6.20 Å². The number of ether oxygens (including phenoxy) is 1. The lowest BCUT2D eigenvalue weighted by molar-refractivity contribution is 0.0828. The van der Waals surface area contributed by atoms with Crippen LogP contribution in [0, 0.1) is 0 Å². The summed E-state index contributed by atoms with van der Waals surface area (Å²) in [6, 6.07) is 7.87. The van der Waals surface area contributed by atoms with E-state index >= 15 is 0 Å². The Morgan fingerprint density at radius 2 is 2.17 bits per heavy atom. The average molecular weight is 245 g/mol. The van der Waals surface area contributed by atoms with Crippen LogP contribution in [0.3, 0.4) is 0 Å². The van der Waals surface area contributed by atoms with Crippen LogP contribution in [0.2, 0.25) is 0 Å². The van der Waals surface area contributed by atoms with Crippen molar-refractivity contribution in [2.24, 2.45) is 0 Å². The fourth-order valence-electron chi connectivity index (χ4n) is 2.04. The molecule has 1 aromatic heterocycles. The van der Waals surface area contributed by atoms with Crippen LogP contribution in [0.4, 0.5) is 0 Å². The average Bonchev–Trinajstić information content (AvgIpc) is 2.43. The number of rotatable bonds is 6. The summed E-state index contributed by atoms with van der Waals surface area (Å²) in [4.78, 5) is 4.09. The van der Waals surface area contributed by atoms with Crippen molar-refractivity contribution >= 4 is 10.8 Å². The molecule has 0 saturated heterocycles. The first kappa shape index (κ1) is 13.0. The van der Waals surface area contributed by atoms with Gasteiger partial charge in [0.25, 0.3) is 0 Å². The minimum Gasteiger partial charge on any atom is -0.388 e. The van der Waals surface area contributed by atoms with Gasteiger partial charge in [0.1, 0.15) is 0 Å². The first-order valence-electron chi connectivity index (χ1n) is 6.41. The molecule has 2 aromatic rings. The number of pyridine rings is 1. The quantitative estimate of drug-likeness (QED) is 0.795. The molecule has 2 rings (SSSR count). The first-order chi connectivity index (χ1) is 8.83. The van der Waals surface area contributed by atoms with Crippen LogP contribution in [-0.4, -0.2) is 23.3 Å². The lowest BCUT2D eigenvalue weighted by Crippen LogP contribution is -2.04. The molecule has 0 aliphatic carbocycles. The Labute approximate surface area is 107 Å². The van der Waals surface area contributed by atoms with Gasteiger partial charge in [0.05, 0.1) is 6.10 Å². The summed E-state index contributed by atoms with van der Waals surface area (Å²) >= 11 is 0. The minimum absolute atomic E-state index is 0.479. The molecule has 3 nitrogen and oxygen atoms in total. The minimum atomic E-state index is -0.479. The Morgan fingerprint density at radius 3 is 3.00 bits per heavy atom. The topological polar surface area (TPSA) is 42.4 Å². The van der Waals surface area contributed by atoms with Gasteiger partial charge in [0.2, 0.25) is 0 Å². The molecule has 1 atom stereocenters. The van der Waals surface area contributed by atoms with E-state index in [1.165, 1.54) is 0 Å². The van der Waals surface area contributed by atoms with Gasteiger partial charge < -0.3 is 9.84 Å². The van der Waals surface area contributed by atoms with Crippen molar-refractivity contribution in [3.63, 3.8) is 0 Å². The largest absolute Gasteiger partial charge is 0.388 e. The monoisotopic (exact) mass is 245 g/mol. The van der Waals surface area contributed by atoms with Gasteiger partial charge in [-0.15, -0.1) is 0 Å². The van der Waals surface area contributed by atoms with Gasteiger partial charge >= 0.3 is 0 Å². The maximum Gasteiger partial charge on any atom is 0.0818 e. The molecule has 0 spiro atoms. The zero-order valence-corrected chi connectivity index (χ0v) is 10.7. The fourth-order valence-corrected chi connectivity index (χ4v) is 2.04. The number of aromatic nitrogens is 1. The number of fused-ring (bicyclic) bond motifs is 1. The van der Waals surface area contributed by atoms with Crippen molar-refractivity contribution in [3.8, 4) is 0 Å². The van der Waals surface area contributed by atoms with Crippen LogP contribution in [0.1, 0.15) is 31.4 Å². The normalized spacial score (nSPS) is 12.8. The Balaban J connectivity index is 2.10. The van der Waals surface area contributed by atoms with Crippen LogP contribution in [0.15, 0.2) is 36.7 Å². The van der Waals surface area contributed by atoms with Crippen molar-refractivity contribution in [2.45, 2.75) is 25.9 Å². The standard InChI is InChI=1S/C15H19NO2/c1-2-9-18-10-7-15(17)14-5-3-4-12-11-16-8-6-13(12)14/h3-6,8,11,15,17H,2,7,9-10H2,1H3. The molecule has 18 heavy (non-hydrogen) atoms. The molecular formula is C15H19NO2. The molecular weight excluding hydrogens is 226 g/mol. The smallest absolute Gasteiger partial charge is 0.0818 e. The van der Waals surface area contributed by atoms with Gasteiger partial charge in [-0.2, -0.15) is 0 Å². The SMILES string of the molecule is CCCOCCC(O)c1cccc2cnccc12. The molecule has 0 bridgehead atoms. The first-order valence-corrected chi connectivity index (χ1v) is 6.41. The second-order valence-electron chi connectivity index (χ2n) is 4.36. The highest BCUT2D eigenvalue weighted by Gasteiger charge is 2.10. The van der Waals surface area contributed by atoms with E-state index in [0.717, 1.165) is 29.4 Å². The third kappa shape index (κ3) is 3.06. The molecule has 1 unspecified atom stereocenters. The summed E-state index contributed by atoms with van der Waals surface area (Å²) < 4.78 is 5.41. The number of aliphatic hydroxyl groups is 1. The van der Waals surface area contributed by atoms with Crippen molar-refractivity contribution in [3.05, 3.63) is 42.2 Å². The molecule has 0 saturated carbocycles. The van der Waals surface area contributed by atoms with E-state index < -0.39 is 6.10 Å². The van der Waals surface area contributed by atoms with Crippen molar-refractivity contribution in [1.29, 1.82) is 0 Å². The van der Waals surface area contributed by atoms with Gasteiger partial charge in [-0.1, -0.05) is 25.1 Å². The molecule has 0 aliphatic heterocycles. The lowest BCUT2D eigenvalue weighted by Gasteiger charge is -2.13. The second-order valence-corrected chi connectivity index (χ2v) is 4.36. The maximum absolute atomic E-state index is 10.2. The van der Waals surface area contributed by atoms with Gasteiger partial charge in [0, 0.05) is 37.4 Å². The van der Waals surface area contributed by atoms with E-state index in [2.05, 4.69) is 11.9 Å². The summed E-state index contributed by atoms with van der Waals surface area (Å²) in [7, 11) is 0. The molecule has 0 aliphatic rings. The van der Waals surface area contributed by atoms with Gasteiger partial charge in [-0.3, -0.25) is 4.98 Å². The number of benzene rings is 1. The van der Waals surface area contributed by atoms with Gasteiger partial charge in [0.15, 0.2) is 0 Å². The third-order valence-electron chi connectivity index (χ3n) is 2.96. The zero-order chi connectivity index (χ0) is 12.8. The second kappa shape index (κ2) is 6.47. The summed E-state index contributed by atoms with van der Waals surface area (Å²) in [6.45, 7) is 3.43. The molecule has 0 fully saturated rings. The van der Waals surface area contributed by atoms with Crippen LogP contribution in [-0.2, 0) is 4.74 Å². The Hall–Kier alpha value is -1.45. The van der Waals surface area contributed by atoms with Crippen molar-refractivity contribution in [1.82, 2.24) is 4.98 Å². The van der Waals surface area contributed by atoms with Gasteiger partial charge in [-0.25, -0.2) is 0 Å². The Kier molecular flexibility index (Phi) is 4.67. The van der Waals surface area contributed by atoms with Crippen LogP contribution in [0.5, 0.6) is 0 Å². The lowest BCUT2D eigenvalue weighted by atomic mass is 10.0. The van der Waals surface area contributed by atoms with E-state index in [4.69, 9.17) is 4.74 Å². The van der Waals surface area contributed by atoms with E-state index in [0.29, 0.717) is 13.0 Å². The number of hydrogen-bond acceptors (Lipinski definition) is 3. The zero-order valence-electron chi connectivity index (χ0n) is 10.7. The van der Waals surface area contributed by atoms with Crippen LogP contribution < -0.4 is 0 Å². The highest BCUT2D eigenvalue weighted by Crippen LogP contribution is 2.25. The Bertz CT molecular complexity index is 493. The molecule has 1 aromatic carbocycles. The summed E-state index contributed by atoms with van der Waals surface area (Å²) in [5.41, 5.74) is 0.954. The molecule has 1 heterocycles. The van der Waals surface area contributed by atoms with Crippen molar-refractivity contribution < 1.29 is 9.84 Å². The highest BCUT2D eigenvalue weighted by atomic mass is 16.5. The van der Waals surface area contributed by atoms with E-state index in [9.17, 15) is 5.11 Å². The molecule has 96 valence electrons. The summed E-state index contributed by atoms with van der Waals surface area (Å²) in [6.07, 6.45) is 4.73. The van der Waals surface area contributed by atoms with Crippen LogP contribution in [0.25, 0.3) is 10.8 Å². The third-order valence-corrected chi connectivity index (χ3v) is 2.96. The number of aliphatic hydroxyl groups excluding tert-OH is 1. The summed E-state index contributed by atoms with van der Waals surface area (Å²) in [5.74, 6) is 0. The Morgan fingerprint density at radius 1 is 1.28 bits per heavy atom. The fraction of sp³-hybridized carbons (Fsp3) is 0.400. The van der Waals surface area contributed by atoms with E-state index in [-0.39, 0.29) is 0 Å². The van der Waals surface area contributed by atoms with E-state index in [1.807, 2.05) is 30.5 Å². The predicted octanol–water partition coefficient (Wildman–Crippen LogP) is 3.08.